The number of aromatic amines is 1. The number of rotatable bonds is 8. The zero-order chi connectivity index (χ0) is 21.7. The molecular weight excluding hydrogens is 394 g/mol. The number of hydrogen-bond donors (Lipinski definition) is 5. The zero-order valence-electron chi connectivity index (χ0n) is 16.4. The Bertz CT molecular complexity index is 986. The van der Waals surface area contributed by atoms with Gasteiger partial charge in [-0.3, -0.25) is 14.3 Å². The maximum absolute atomic E-state index is 11.8. The van der Waals surface area contributed by atoms with Crippen molar-refractivity contribution in [3.63, 3.8) is 0 Å². The van der Waals surface area contributed by atoms with Crippen LogP contribution in [-0.2, 0) is 22.9 Å². The first-order valence-electron chi connectivity index (χ1n) is 9.45. The lowest BCUT2D eigenvalue weighted by Gasteiger charge is -2.20. The van der Waals surface area contributed by atoms with Crippen molar-refractivity contribution in [1.29, 1.82) is 0 Å². The Kier molecular flexibility index (Phi) is 7.06. The summed E-state index contributed by atoms with van der Waals surface area (Å²) in [6, 6.07) is 10.8. The molecule has 0 aliphatic carbocycles. The zero-order valence-corrected chi connectivity index (χ0v) is 16.4. The number of benzene rings is 1. The molecule has 1 saturated heterocycles. The molecule has 0 spiro atoms. The monoisotopic (exact) mass is 419 g/mol. The molecule has 1 aliphatic rings. The standard InChI is InChI=1S/C20H25N3O7/c1-23-15(9-16(25)22-20(23)28)21-10-13(8-7-12-5-3-2-4-6-12)29-19-18(27)17(26)14(11-24)30-19/h2-6,8-9,14,17-19,21,24,26-27H,7,10-11H2,1H3,(H,22,25,28)/b13-8-/t14-,17-,18-,19-/m1/s1. The minimum absolute atomic E-state index is 0.0794. The molecule has 4 atom stereocenters. The predicted molar refractivity (Wildman–Crippen MR) is 108 cm³/mol. The number of aliphatic hydroxyl groups excluding tert-OH is 3. The number of anilines is 1. The lowest BCUT2D eigenvalue weighted by atomic mass is 10.1. The summed E-state index contributed by atoms with van der Waals surface area (Å²) < 4.78 is 12.4. The molecule has 1 aromatic heterocycles. The van der Waals surface area contributed by atoms with E-state index in [-0.39, 0.29) is 12.4 Å². The highest BCUT2D eigenvalue weighted by atomic mass is 16.7. The molecule has 10 heteroatoms. The number of aromatic nitrogens is 2. The molecule has 1 aromatic carbocycles. The number of allylic oxidation sites excluding steroid dienone is 1. The second-order valence-electron chi connectivity index (χ2n) is 6.92. The van der Waals surface area contributed by atoms with E-state index in [4.69, 9.17) is 9.47 Å². The van der Waals surface area contributed by atoms with Crippen molar-refractivity contribution >= 4 is 5.82 Å². The van der Waals surface area contributed by atoms with Crippen molar-refractivity contribution in [3.05, 3.63) is 74.6 Å². The average molecular weight is 419 g/mol. The number of aliphatic hydroxyl groups is 3. The minimum atomic E-state index is -1.34. The number of ether oxygens (including phenoxy) is 2. The SMILES string of the molecule is Cn1c(NC/C(=C/Cc2ccccc2)O[C@@H]2O[C@H](CO)[C@@H](O)[C@H]2O)cc(=O)[nH]c1=O. The predicted octanol–water partition coefficient (Wildman–Crippen LogP) is -0.932. The normalized spacial score (nSPS) is 24.1. The van der Waals surface area contributed by atoms with Crippen LogP contribution in [0.5, 0.6) is 0 Å². The maximum atomic E-state index is 11.8. The van der Waals surface area contributed by atoms with Crippen molar-refractivity contribution in [2.45, 2.75) is 31.0 Å². The van der Waals surface area contributed by atoms with Gasteiger partial charge in [0.15, 0.2) is 0 Å². The van der Waals surface area contributed by atoms with Crippen LogP contribution in [0.3, 0.4) is 0 Å². The molecule has 5 N–H and O–H groups in total. The third-order valence-corrected chi connectivity index (χ3v) is 4.78. The van der Waals surface area contributed by atoms with Gasteiger partial charge in [0.1, 0.15) is 29.9 Å². The number of nitrogens with one attached hydrogen (secondary N) is 2. The van der Waals surface area contributed by atoms with Crippen molar-refractivity contribution in [1.82, 2.24) is 9.55 Å². The van der Waals surface area contributed by atoms with Gasteiger partial charge in [-0.05, 0) is 18.1 Å². The average Bonchev–Trinajstić information content (AvgIpc) is 3.01. The van der Waals surface area contributed by atoms with E-state index in [0.717, 1.165) is 5.56 Å². The Hall–Kier alpha value is -2.92. The molecule has 2 aromatic rings. The van der Waals surface area contributed by atoms with Gasteiger partial charge >= 0.3 is 5.69 Å². The topological polar surface area (TPSA) is 146 Å². The van der Waals surface area contributed by atoms with E-state index in [9.17, 15) is 24.9 Å². The Morgan fingerprint density at radius 2 is 2.00 bits per heavy atom. The van der Waals surface area contributed by atoms with E-state index < -0.39 is 42.5 Å². The van der Waals surface area contributed by atoms with Crippen LogP contribution in [0.15, 0.2) is 57.8 Å². The Balaban J connectivity index is 1.77. The molecule has 0 radical (unpaired) electrons. The van der Waals surface area contributed by atoms with Gasteiger partial charge in [-0.2, -0.15) is 0 Å². The maximum Gasteiger partial charge on any atom is 0.329 e. The van der Waals surface area contributed by atoms with Crippen LogP contribution in [0.4, 0.5) is 5.82 Å². The van der Waals surface area contributed by atoms with Gasteiger partial charge in [-0.15, -0.1) is 0 Å². The summed E-state index contributed by atoms with van der Waals surface area (Å²) >= 11 is 0. The highest BCUT2D eigenvalue weighted by Crippen LogP contribution is 2.24. The molecule has 10 nitrogen and oxygen atoms in total. The van der Waals surface area contributed by atoms with Crippen LogP contribution in [0, 0.1) is 0 Å². The second kappa shape index (κ2) is 9.72. The van der Waals surface area contributed by atoms with E-state index in [1.807, 2.05) is 30.3 Å². The Morgan fingerprint density at radius 1 is 1.27 bits per heavy atom. The highest BCUT2D eigenvalue weighted by Gasteiger charge is 2.44. The van der Waals surface area contributed by atoms with Crippen molar-refractivity contribution in [2.75, 3.05) is 18.5 Å². The fraction of sp³-hybridized carbons (Fsp3) is 0.400. The van der Waals surface area contributed by atoms with E-state index in [0.29, 0.717) is 12.2 Å². The molecule has 1 fully saturated rings. The summed E-state index contributed by atoms with van der Waals surface area (Å²) in [6.45, 7) is -0.385. The van der Waals surface area contributed by atoms with E-state index in [1.165, 1.54) is 17.7 Å². The molecule has 2 heterocycles. The number of H-pyrrole nitrogens is 1. The summed E-state index contributed by atoms with van der Waals surface area (Å²) in [4.78, 5) is 25.5. The number of nitrogens with zero attached hydrogens (tertiary/aromatic N) is 1. The van der Waals surface area contributed by atoms with Crippen molar-refractivity contribution in [3.8, 4) is 0 Å². The smallest absolute Gasteiger partial charge is 0.329 e. The van der Waals surface area contributed by atoms with Crippen LogP contribution in [-0.4, -0.2) is 62.6 Å². The van der Waals surface area contributed by atoms with Gasteiger partial charge < -0.3 is 30.1 Å². The third-order valence-electron chi connectivity index (χ3n) is 4.78. The summed E-state index contributed by atoms with van der Waals surface area (Å²) in [7, 11) is 1.50. The Labute approximate surface area is 172 Å². The van der Waals surface area contributed by atoms with E-state index >= 15 is 0 Å². The van der Waals surface area contributed by atoms with Crippen molar-refractivity contribution in [2.24, 2.45) is 7.05 Å². The summed E-state index contributed by atoms with van der Waals surface area (Å²) in [5.74, 6) is 0.639. The van der Waals surface area contributed by atoms with Gasteiger partial charge in [-0.25, -0.2) is 4.79 Å². The second-order valence-corrected chi connectivity index (χ2v) is 6.92. The van der Waals surface area contributed by atoms with Gasteiger partial charge in [0, 0.05) is 13.1 Å². The highest BCUT2D eigenvalue weighted by molar-refractivity contribution is 5.35. The van der Waals surface area contributed by atoms with Crippen LogP contribution in [0.1, 0.15) is 5.56 Å². The quantitative estimate of drug-likeness (QED) is 0.345. The lowest BCUT2D eigenvalue weighted by molar-refractivity contribution is -0.147. The fourth-order valence-corrected chi connectivity index (χ4v) is 3.02. The molecule has 0 unspecified atom stereocenters. The van der Waals surface area contributed by atoms with E-state index in [2.05, 4.69) is 10.3 Å². The first kappa shape index (κ1) is 21.8. The summed E-state index contributed by atoms with van der Waals surface area (Å²) in [6.07, 6.45) is -2.47. The third kappa shape index (κ3) is 5.16. The molecule has 1 aliphatic heterocycles. The molecule has 3 rings (SSSR count). The summed E-state index contributed by atoms with van der Waals surface area (Å²) in [5.41, 5.74) is -0.0905. The Morgan fingerprint density at radius 3 is 2.67 bits per heavy atom. The van der Waals surface area contributed by atoms with Crippen LogP contribution >= 0.6 is 0 Å². The van der Waals surface area contributed by atoms with Crippen LogP contribution in [0.25, 0.3) is 0 Å². The van der Waals surface area contributed by atoms with Crippen LogP contribution in [0.2, 0.25) is 0 Å². The minimum Gasteiger partial charge on any atom is -0.465 e. The molecule has 0 saturated carbocycles. The van der Waals surface area contributed by atoms with Gasteiger partial charge in [0.05, 0.1) is 13.2 Å². The summed E-state index contributed by atoms with van der Waals surface area (Å²) in [5, 5.41) is 32.3. The first-order chi connectivity index (χ1) is 14.4. The van der Waals surface area contributed by atoms with E-state index in [1.54, 1.807) is 6.08 Å². The molecular formula is C20H25N3O7. The first-order valence-corrected chi connectivity index (χ1v) is 9.45. The van der Waals surface area contributed by atoms with Crippen molar-refractivity contribution < 1.29 is 24.8 Å². The van der Waals surface area contributed by atoms with Gasteiger partial charge in [-0.1, -0.05) is 30.3 Å². The van der Waals surface area contributed by atoms with Crippen LogP contribution < -0.4 is 16.6 Å². The molecule has 0 amide bonds. The number of hydrogen-bond acceptors (Lipinski definition) is 8. The molecule has 30 heavy (non-hydrogen) atoms. The van der Waals surface area contributed by atoms with Gasteiger partial charge in [0.2, 0.25) is 6.29 Å². The fourth-order valence-electron chi connectivity index (χ4n) is 3.02. The van der Waals surface area contributed by atoms with Gasteiger partial charge in [0.25, 0.3) is 5.56 Å². The lowest BCUT2D eigenvalue weighted by Crippen LogP contribution is -2.35. The molecule has 162 valence electrons. The molecule has 0 bridgehead atoms. The largest absolute Gasteiger partial charge is 0.465 e.